The van der Waals surface area contributed by atoms with Crippen LogP contribution in [0.5, 0.6) is 0 Å². The summed E-state index contributed by atoms with van der Waals surface area (Å²) in [7, 11) is -4.94. The first-order valence-electron chi connectivity index (χ1n) is 9.85. The van der Waals surface area contributed by atoms with Gasteiger partial charge in [-0.15, -0.1) is 0 Å². The maximum Gasteiger partial charge on any atom is 1.00 e. The van der Waals surface area contributed by atoms with Gasteiger partial charge in [0.15, 0.2) is 0 Å². The Kier molecular flexibility index (Phi) is 40.5. The van der Waals surface area contributed by atoms with Crippen LogP contribution in [-0.4, -0.2) is 30.2 Å². The van der Waals surface area contributed by atoms with E-state index >= 15 is 0 Å². The van der Waals surface area contributed by atoms with Crippen LogP contribution in [0, 0.1) is 6.42 Å². The molecule has 0 spiro atoms. The fraction of sp³-hybridized carbons (Fsp3) is 0.842. The van der Waals surface area contributed by atoms with Crippen LogP contribution in [0.2, 0.25) is 0 Å². The minimum atomic E-state index is -4.94. The van der Waals surface area contributed by atoms with Crippen LogP contribution in [0.1, 0.15) is 97.3 Å². The zero-order chi connectivity index (χ0) is 21.1. The molecule has 0 aromatic rings. The van der Waals surface area contributed by atoms with Crippen LogP contribution in [0.4, 0.5) is 0 Å². The van der Waals surface area contributed by atoms with Crippen LogP contribution in [0.15, 0.2) is 0 Å². The quantitative estimate of drug-likeness (QED) is 0.101. The second-order valence-electron chi connectivity index (χ2n) is 6.59. The van der Waals surface area contributed by atoms with Gasteiger partial charge in [-0.25, -0.2) is 0 Å². The van der Waals surface area contributed by atoms with E-state index in [-0.39, 0.29) is 88.7 Å². The largest absolute Gasteiger partial charge is 1.00 e. The van der Waals surface area contributed by atoms with Gasteiger partial charge in [0.1, 0.15) is 5.25 Å². The van der Waals surface area contributed by atoms with Crippen LogP contribution in [0.25, 0.3) is 0 Å². The molecule has 0 fully saturated rings. The molecule has 11 heteroatoms. The Morgan fingerprint density at radius 3 is 1.50 bits per heavy atom. The molecule has 1 atom stereocenters. The second-order valence-corrected chi connectivity index (χ2v) is 8.19. The van der Waals surface area contributed by atoms with Gasteiger partial charge < -0.3 is 26.2 Å². The van der Waals surface area contributed by atoms with Gasteiger partial charge in [0.2, 0.25) is 0 Å². The Balaban J connectivity index is -0.000000129. The van der Waals surface area contributed by atoms with E-state index in [1.54, 1.807) is 0 Å². The molecule has 1 N–H and O–H groups in total. The van der Waals surface area contributed by atoms with Crippen molar-refractivity contribution in [1.82, 2.24) is 0 Å². The number of carbonyl (C=O) groups excluding carboxylic acids is 2. The number of carboxylic acids is 2. The van der Waals surface area contributed by atoms with Gasteiger partial charge in [-0.05, 0) is 0 Å². The summed E-state index contributed by atoms with van der Waals surface area (Å²) in [6.07, 6.45) is 18.1. The third kappa shape index (κ3) is 32.0. The Bertz CT molecular complexity index is 477. The first kappa shape index (κ1) is 42.0. The summed E-state index contributed by atoms with van der Waals surface area (Å²) in [6.45, 7) is 4.56. The topological polar surface area (TPSA) is 135 Å². The van der Waals surface area contributed by atoms with Crippen molar-refractivity contribution in [3.05, 3.63) is 6.42 Å². The number of rotatable bonds is 16. The van der Waals surface area contributed by atoms with E-state index in [0.29, 0.717) is 0 Å². The molecule has 0 saturated heterocycles. The summed E-state index contributed by atoms with van der Waals surface area (Å²) in [4.78, 5) is 19.7. The van der Waals surface area contributed by atoms with E-state index < -0.39 is 33.7 Å². The van der Waals surface area contributed by atoms with Crippen LogP contribution in [0.3, 0.4) is 0 Å². The first-order chi connectivity index (χ1) is 12.7. The SMILES string of the molecule is CCCCC[CH-]CCCCCCCCC.O=C([O-])CC(C(=O)[O-])S(=O)(=O)O.[Na+].[Na+].[Na+]. The molecule has 0 radical (unpaired) electrons. The molecule has 7 nitrogen and oxygen atoms in total. The van der Waals surface area contributed by atoms with Gasteiger partial charge in [-0.1, -0.05) is 78.1 Å². The van der Waals surface area contributed by atoms with Crippen molar-refractivity contribution in [2.24, 2.45) is 0 Å². The number of carboxylic acid groups (broad SMARTS) is 2. The minimum absolute atomic E-state index is 0. The van der Waals surface area contributed by atoms with Crippen molar-refractivity contribution in [3.8, 4) is 0 Å². The molecule has 0 amide bonds. The van der Waals surface area contributed by atoms with Gasteiger partial charge in [0.25, 0.3) is 10.1 Å². The molecule has 0 bridgehead atoms. The smallest absolute Gasteiger partial charge is 0.550 e. The Morgan fingerprint density at radius 2 is 1.17 bits per heavy atom. The molecular weight excluding hydrogens is 441 g/mol. The first-order valence-corrected chi connectivity index (χ1v) is 11.4. The molecule has 0 aliphatic heterocycles. The molecule has 0 aliphatic carbocycles. The van der Waals surface area contributed by atoms with Crippen LogP contribution >= 0.6 is 0 Å². The Labute approximate surface area is 249 Å². The number of unbranched alkanes of at least 4 members (excludes halogenated alkanes) is 12. The number of aliphatic carboxylic acids is 2. The van der Waals surface area contributed by atoms with E-state index in [9.17, 15) is 28.2 Å². The van der Waals surface area contributed by atoms with Crippen molar-refractivity contribution in [3.63, 3.8) is 0 Å². The average molecular weight is 477 g/mol. The van der Waals surface area contributed by atoms with E-state index in [0.717, 1.165) is 0 Å². The van der Waals surface area contributed by atoms with Crippen LogP contribution < -0.4 is 98.9 Å². The van der Waals surface area contributed by atoms with E-state index in [1.807, 2.05) is 0 Å². The van der Waals surface area contributed by atoms with Crippen molar-refractivity contribution in [2.45, 2.75) is 103 Å². The third-order valence-electron chi connectivity index (χ3n) is 4.00. The predicted octanol–water partition coefficient (Wildman–Crippen LogP) is -6.94. The summed E-state index contributed by atoms with van der Waals surface area (Å²) in [5, 5.41) is 17.3. The zero-order valence-electron chi connectivity index (χ0n) is 19.7. The maximum absolute atomic E-state index is 10.2. The molecule has 162 valence electrons. The molecule has 0 aliphatic rings. The molecule has 0 rings (SSSR count). The van der Waals surface area contributed by atoms with Crippen molar-refractivity contribution in [1.29, 1.82) is 0 Å². The summed E-state index contributed by atoms with van der Waals surface area (Å²) in [5.74, 6) is -4.08. The number of carbonyl (C=O) groups is 2. The van der Waals surface area contributed by atoms with Gasteiger partial charge in [0.05, 0.1) is 5.97 Å². The molecule has 0 heterocycles. The van der Waals surface area contributed by atoms with E-state index in [1.165, 1.54) is 77.0 Å². The Hall–Kier alpha value is 1.85. The molecule has 30 heavy (non-hydrogen) atoms. The number of hydrogen-bond acceptors (Lipinski definition) is 6. The summed E-state index contributed by atoms with van der Waals surface area (Å²) in [5.41, 5.74) is 0. The van der Waals surface area contributed by atoms with Crippen molar-refractivity contribution < 1.29 is 121 Å². The van der Waals surface area contributed by atoms with Gasteiger partial charge in [-0.2, -0.15) is 21.3 Å². The van der Waals surface area contributed by atoms with Crippen molar-refractivity contribution in [2.75, 3.05) is 0 Å². The fourth-order valence-corrected chi connectivity index (χ4v) is 2.98. The normalized spacial score (nSPS) is 10.9. The Morgan fingerprint density at radius 1 is 0.800 bits per heavy atom. The predicted molar refractivity (Wildman–Crippen MR) is 101 cm³/mol. The summed E-state index contributed by atoms with van der Waals surface area (Å²) < 4.78 is 28.5. The van der Waals surface area contributed by atoms with Gasteiger partial charge >= 0.3 is 88.7 Å². The molecular formula is C19H35Na3O7S. The fourth-order valence-electron chi connectivity index (χ4n) is 2.39. The monoisotopic (exact) mass is 476 g/mol. The third-order valence-corrected chi connectivity index (χ3v) is 5.08. The zero-order valence-corrected chi connectivity index (χ0v) is 26.5. The molecule has 0 aromatic heterocycles. The van der Waals surface area contributed by atoms with Gasteiger partial charge in [0, 0.05) is 12.4 Å². The number of hydrogen-bond donors (Lipinski definition) is 1. The van der Waals surface area contributed by atoms with E-state index in [4.69, 9.17) is 4.55 Å². The van der Waals surface area contributed by atoms with Crippen LogP contribution in [-0.2, 0) is 19.7 Å². The standard InChI is InChI=1S/C15H31.C4H6O7S.3Na/c1-3-5-7-9-11-13-15-14-12-10-8-6-4-2;5-3(6)1-2(4(7)8)12(9,10)11;;;/h11H,3-10,12-15H2,1-2H3;2H,1H2,(H,5,6)(H,7,8)(H,9,10,11);;;/q-1;;3*+1/p-2. The molecule has 1 unspecified atom stereocenters. The molecule has 0 aromatic carbocycles. The van der Waals surface area contributed by atoms with Gasteiger partial charge in [-0.3, -0.25) is 4.55 Å². The maximum atomic E-state index is 10.2. The summed E-state index contributed by atoms with van der Waals surface area (Å²) >= 11 is 0. The minimum Gasteiger partial charge on any atom is -0.550 e. The van der Waals surface area contributed by atoms with Crippen molar-refractivity contribution >= 4 is 22.1 Å². The average Bonchev–Trinajstić information content (AvgIpc) is 2.57. The second kappa shape index (κ2) is 28.9. The van der Waals surface area contributed by atoms with E-state index in [2.05, 4.69) is 20.3 Å². The molecule has 0 saturated carbocycles. The summed E-state index contributed by atoms with van der Waals surface area (Å²) in [6, 6.07) is 0.